The summed E-state index contributed by atoms with van der Waals surface area (Å²) in [6, 6.07) is 11.6. The summed E-state index contributed by atoms with van der Waals surface area (Å²) in [5.74, 6) is -0.386. The molecule has 0 aliphatic rings. The molecule has 3 heteroatoms. The zero-order chi connectivity index (χ0) is 14.1. The van der Waals surface area contributed by atoms with Crippen molar-refractivity contribution in [1.29, 1.82) is 5.26 Å². The van der Waals surface area contributed by atoms with E-state index in [1.807, 2.05) is 49.4 Å². The highest BCUT2D eigenvalue weighted by atomic mass is 16.1. The second-order valence-corrected chi connectivity index (χ2v) is 3.97. The number of benzene rings is 1. The van der Waals surface area contributed by atoms with Crippen molar-refractivity contribution >= 4 is 12.0 Å². The number of nitrogens with zero attached hydrogens (tertiary/aromatic N) is 1. The molecule has 0 radical (unpaired) electrons. The van der Waals surface area contributed by atoms with Crippen molar-refractivity contribution < 1.29 is 4.79 Å². The highest BCUT2D eigenvalue weighted by Gasteiger charge is 2.06. The van der Waals surface area contributed by atoms with Gasteiger partial charge in [-0.25, -0.2) is 0 Å². The summed E-state index contributed by atoms with van der Waals surface area (Å²) in [5, 5.41) is 11.6. The predicted octanol–water partition coefficient (Wildman–Crippen LogP) is 2.84. The molecule has 0 aliphatic carbocycles. The van der Waals surface area contributed by atoms with Crippen molar-refractivity contribution in [2.45, 2.75) is 6.92 Å². The van der Waals surface area contributed by atoms with Crippen molar-refractivity contribution in [3.05, 3.63) is 65.8 Å². The Labute approximate surface area is 113 Å². The van der Waals surface area contributed by atoms with E-state index in [0.717, 1.165) is 11.1 Å². The van der Waals surface area contributed by atoms with Gasteiger partial charge in [0.1, 0.15) is 11.6 Å². The van der Waals surface area contributed by atoms with E-state index in [2.05, 4.69) is 11.9 Å². The van der Waals surface area contributed by atoms with Crippen LogP contribution in [0, 0.1) is 11.3 Å². The fourth-order valence-corrected chi connectivity index (χ4v) is 1.49. The van der Waals surface area contributed by atoms with Gasteiger partial charge in [-0.15, -0.1) is 6.58 Å². The third kappa shape index (κ3) is 5.05. The largest absolute Gasteiger partial charge is 0.348 e. The monoisotopic (exact) mass is 252 g/mol. The Bertz CT molecular complexity index is 548. The smallest absolute Gasteiger partial charge is 0.262 e. The van der Waals surface area contributed by atoms with E-state index in [-0.39, 0.29) is 11.5 Å². The van der Waals surface area contributed by atoms with Crippen LogP contribution in [0.25, 0.3) is 6.08 Å². The molecule has 0 bridgehead atoms. The van der Waals surface area contributed by atoms with Crippen LogP contribution in [0.3, 0.4) is 0 Å². The van der Waals surface area contributed by atoms with Crippen LogP contribution in [0.15, 0.2) is 60.2 Å². The van der Waals surface area contributed by atoms with Gasteiger partial charge < -0.3 is 5.32 Å². The van der Waals surface area contributed by atoms with Gasteiger partial charge >= 0.3 is 0 Å². The highest BCUT2D eigenvalue weighted by molar-refractivity contribution is 5.97. The summed E-state index contributed by atoms with van der Waals surface area (Å²) >= 11 is 0. The van der Waals surface area contributed by atoms with Crippen LogP contribution >= 0.6 is 0 Å². The van der Waals surface area contributed by atoms with Gasteiger partial charge in [0.05, 0.1) is 0 Å². The average Bonchev–Trinajstić information content (AvgIpc) is 2.43. The van der Waals surface area contributed by atoms with Crippen LogP contribution in [0.2, 0.25) is 0 Å². The molecule has 0 spiro atoms. The van der Waals surface area contributed by atoms with E-state index in [1.165, 1.54) is 0 Å². The molecule has 1 amide bonds. The third-order valence-corrected chi connectivity index (χ3v) is 2.34. The minimum absolute atomic E-state index is 0.0894. The molecule has 0 aromatic heterocycles. The van der Waals surface area contributed by atoms with Gasteiger partial charge in [-0.2, -0.15) is 5.26 Å². The van der Waals surface area contributed by atoms with Crippen LogP contribution < -0.4 is 5.32 Å². The molecule has 1 aromatic carbocycles. The second kappa shape index (κ2) is 7.67. The lowest BCUT2D eigenvalue weighted by Crippen LogP contribution is -2.24. The van der Waals surface area contributed by atoms with E-state index < -0.39 is 0 Å². The number of nitriles is 1. The van der Waals surface area contributed by atoms with Gasteiger partial charge in [0, 0.05) is 6.54 Å². The highest BCUT2D eigenvalue weighted by Crippen LogP contribution is 2.09. The van der Waals surface area contributed by atoms with E-state index in [1.54, 1.807) is 12.2 Å². The first-order chi connectivity index (χ1) is 9.17. The van der Waals surface area contributed by atoms with Gasteiger partial charge in [0.2, 0.25) is 0 Å². The van der Waals surface area contributed by atoms with Gasteiger partial charge in [-0.1, -0.05) is 42.5 Å². The summed E-state index contributed by atoms with van der Waals surface area (Å²) in [5.41, 5.74) is 1.96. The molecule has 0 aliphatic heterocycles. The summed E-state index contributed by atoms with van der Waals surface area (Å²) in [6.45, 7) is 5.70. The van der Waals surface area contributed by atoms with Crippen molar-refractivity contribution in [3.8, 4) is 6.07 Å². The maximum atomic E-state index is 11.6. The molecule has 0 atom stereocenters. The summed E-state index contributed by atoms with van der Waals surface area (Å²) in [7, 11) is 0. The van der Waals surface area contributed by atoms with Crippen molar-refractivity contribution in [1.82, 2.24) is 5.32 Å². The summed E-state index contributed by atoms with van der Waals surface area (Å²) < 4.78 is 0. The summed E-state index contributed by atoms with van der Waals surface area (Å²) in [4.78, 5) is 11.6. The number of carbonyl (C=O) groups is 1. The standard InChI is InChI=1S/C16H16N2O/c1-3-9-18-16(19)15(12-17)11-13(2)10-14-7-5-4-6-8-14/h3-8,10-11H,1,9H2,2H3,(H,18,19)/b13-10+,15-11+. The Morgan fingerprint density at radius 3 is 2.68 bits per heavy atom. The van der Waals surface area contributed by atoms with Gasteiger partial charge in [0.15, 0.2) is 0 Å². The molecule has 3 nitrogen and oxygen atoms in total. The molecular weight excluding hydrogens is 236 g/mol. The van der Waals surface area contributed by atoms with E-state index in [4.69, 9.17) is 5.26 Å². The lowest BCUT2D eigenvalue weighted by Gasteiger charge is -2.01. The number of hydrogen-bond donors (Lipinski definition) is 1. The molecule has 19 heavy (non-hydrogen) atoms. The molecule has 0 heterocycles. The number of allylic oxidation sites excluding steroid dienone is 2. The number of nitrogens with one attached hydrogen (secondary N) is 1. The average molecular weight is 252 g/mol. The minimum atomic E-state index is -0.386. The Morgan fingerprint density at radius 2 is 2.11 bits per heavy atom. The van der Waals surface area contributed by atoms with E-state index >= 15 is 0 Å². The first kappa shape index (κ1) is 14.5. The molecule has 96 valence electrons. The Morgan fingerprint density at radius 1 is 1.42 bits per heavy atom. The molecule has 1 N–H and O–H groups in total. The minimum Gasteiger partial charge on any atom is -0.348 e. The zero-order valence-electron chi connectivity index (χ0n) is 10.9. The van der Waals surface area contributed by atoms with Crippen LogP contribution in [0.1, 0.15) is 12.5 Å². The fraction of sp³-hybridized carbons (Fsp3) is 0.125. The quantitative estimate of drug-likeness (QED) is 0.379. The van der Waals surface area contributed by atoms with Crippen LogP contribution in [-0.2, 0) is 4.79 Å². The first-order valence-electron chi connectivity index (χ1n) is 5.91. The lowest BCUT2D eigenvalue weighted by molar-refractivity contribution is -0.116. The maximum Gasteiger partial charge on any atom is 0.262 e. The van der Waals surface area contributed by atoms with E-state index in [9.17, 15) is 4.79 Å². The van der Waals surface area contributed by atoms with E-state index in [0.29, 0.717) is 6.54 Å². The van der Waals surface area contributed by atoms with Gasteiger partial charge in [-0.05, 0) is 24.1 Å². The number of carbonyl (C=O) groups excluding carboxylic acids is 1. The molecule has 0 fully saturated rings. The van der Waals surface area contributed by atoms with Crippen LogP contribution in [0.4, 0.5) is 0 Å². The Kier molecular flexibility index (Phi) is 5.84. The van der Waals surface area contributed by atoms with Crippen molar-refractivity contribution in [2.75, 3.05) is 6.54 Å². The van der Waals surface area contributed by atoms with Crippen LogP contribution in [0.5, 0.6) is 0 Å². The SMILES string of the molecule is C=CCNC(=O)/C(C#N)=C/C(C)=C/c1ccccc1. The molecule has 0 saturated carbocycles. The predicted molar refractivity (Wildman–Crippen MR) is 77.0 cm³/mol. The van der Waals surface area contributed by atoms with Crippen molar-refractivity contribution in [2.24, 2.45) is 0 Å². The lowest BCUT2D eigenvalue weighted by atomic mass is 10.1. The second-order valence-electron chi connectivity index (χ2n) is 3.97. The Balaban J connectivity index is 2.86. The number of rotatable bonds is 5. The maximum absolute atomic E-state index is 11.6. The molecule has 0 saturated heterocycles. The molecule has 1 aromatic rings. The molecule has 1 rings (SSSR count). The van der Waals surface area contributed by atoms with Crippen molar-refractivity contribution in [3.63, 3.8) is 0 Å². The Hall–Kier alpha value is -2.60. The molecule has 0 unspecified atom stereocenters. The van der Waals surface area contributed by atoms with Crippen LogP contribution in [-0.4, -0.2) is 12.5 Å². The van der Waals surface area contributed by atoms with Gasteiger partial charge in [0.25, 0.3) is 5.91 Å². The number of amides is 1. The molecular formula is C16H16N2O. The van der Waals surface area contributed by atoms with Gasteiger partial charge in [-0.3, -0.25) is 4.79 Å². The first-order valence-corrected chi connectivity index (χ1v) is 5.91. The topological polar surface area (TPSA) is 52.9 Å². The summed E-state index contributed by atoms with van der Waals surface area (Å²) in [6.07, 6.45) is 5.06. The fourth-order valence-electron chi connectivity index (χ4n) is 1.49. The normalized spacial score (nSPS) is 11.6. The third-order valence-electron chi connectivity index (χ3n) is 2.34. The zero-order valence-corrected chi connectivity index (χ0v) is 10.9. The number of hydrogen-bond acceptors (Lipinski definition) is 2.